The number of likely N-dealkylation sites (tertiary alicyclic amines) is 1. The van der Waals surface area contributed by atoms with Gasteiger partial charge in [0, 0.05) is 30.7 Å². The van der Waals surface area contributed by atoms with Crippen LogP contribution in [-0.2, 0) is 0 Å². The third-order valence-corrected chi connectivity index (χ3v) is 3.46. The molecule has 15 heavy (non-hydrogen) atoms. The van der Waals surface area contributed by atoms with Crippen LogP contribution >= 0.6 is 11.5 Å². The van der Waals surface area contributed by atoms with Crippen LogP contribution < -0.4 is 11.1 Å². The Labute approximate surface area is 93.9 Å². The summed E-state index contributed by atoms with van der Waals surface area (Å²) in [7, 11) is 0. The minimum Gasteiger partial charge on any atom is -0.367 e. The van der Waals surface area contributed by atoms with Crippen LogP contribution in [0.2, 0.25) is 0 Å². The van der Waals surface area contributed by atoms with Crippen LogP contribution in [0, 0.1) is 0 Å². The maximum Gasteiger partial charge on any atom is 0.233 e. The van der Waals surface area contributed by atoms with Crippen LogP contribution in [0.4, 0.5) is 11.1 Å². The van der Waals surface area contributed by atoms with Crippen LogP contribution in [-0.4, -0.2) is 39.9 Å². The smallest absolute Gasteiger partial charge is 0.233 e. The first kappa shape index (κ1) is 10.6. The fourth-order valence-electron chi connectivity index (χ4n) is 1.86. The lowest BCUT2D eigenvalue weighted by atomic mass is 10.1. The van der Waals surface area contributed by atoms with Gasteiger partial charge in [0.05, 0.1) is 0 Å². The molecule has 0 aromatic carbocycles. The number of nitrogens with zero attached hydrogens (tertiary/aromatic N) is 3. The molecule has 84 valence electrons. The molecule has 0 spiro atoms. The molecule has 0 aliphatic carbocycles. The fraction of sp³-hybridized carbons (Fsp3) is 0.778. The molecule has 0 amide bonds. The first-order chi connectivity index (χ1) is 7.28. The van der Waals surface area contributed by atoms with Gasteiger partial charge in [0.25, 0.3) is 0 Å². The van der Waals surface area contributed by atoms with Crippen molar-refractivity contribution in [3.05, 3.63) is 0 Å². The van der Waals surface area contributed by atoms with Crippen LogP contribution in [0.25, 0.3) is 0 Å². The summed E-state index contributed by atoms with van der Waals surface area (Å²) in [5, 5.41) is 4.23. The second-order valence-electron chi connectivity index (χ2n) is 3.81. The van der Waals surface area contributed by atoms with Gasteiger partial charge in [-0.2, -0.15) is 9.36 Å². The summed E-state index contributed by atoms with van der Waals surface area (Å²) in [5.74, 6) is 0.369. The molecule has 2 rings (SSSR count). The molecule has 1 aromatic rings. The molecule has 1 saturated heterocycles. The van der Waals surface area contributed by atoms with Gasteiger partial charge in [-0.3, -0.25) is 0 Å². The van der Waals surface area contributed by atoms with Gasteiger partial charge < -0.3 is 16.0 Å². The van der Waals surface area contributed by atoms with Gasteiger partial charge in [-0.1, -0.05) is 6.92 Å². The highest BCUT2D eigenvalue weighted by atomic mass is 32.1. The van der Waals surface area contributed by atoms with Gasteiger partial charge in [-0.05, 0) is 19.4 Å². The van der Waals surface area contributed by atoms with E-state index in [4.69, 9.17) is 5.73 Å². The zero-order valence-electron chi connectivity index (χ0n) is 8.94. The number of nitrogens with two attached hydrogens (primary N) is 1. The largest absolute Gasteiger partial charge is 0.367 e. The summed E-state index contributed by atoms with van der Waals surface area (Å²) >= 11 is 1.34. The second kappa shape index (κ2) is 4.76. The molecule has 0 saturated carbocycles. The molecule has 6 heteroatoms. The second-order valence-corrected chi connectivity index (χ2v) is 4.56. The number of rotatable bonds is 3. The maximum absolute atomic E-state index is 5.47. The van der Waals surface area contributed by atoms with Crippen molar-refractivity contribution in [1.29, 1.82) is 0 Å². The van der Waals surface area contributed by atoms with E-state index >= 15 is 0 Å². The van der Waals surface area contributed by atoms with Gasteiger partial charge in [0.2, 0.25) is 11.1 Å². The van der Waals surface area contributed by atoms with Crippen molar-refractivity contribution in [3.63, 3.8) is 0 Å². The summed E-state index contributed by atoms with van der Waals surface area (Å²) in [4.78, 5) is 6.57. The highest BCUT2D eigenvalue weighted by Crippen LogP contribution is 2.18. The first-order valence-corrected chi connectivity index (χ1v) is 6.13. The third kappa shape index (κ3) is 2.79. The van der Waals surface area contributed by atoms with E-state index in [1.54, 1.807) is 0 Å². The van der Waals surface area contributed by atoms with Gasteiger partial charge in [0.15, 0.2) is 0 Å². The Hall–Kier alpha value is -0.880. The third-order valence-electron chi connectivity index (χ3n) is 2.80. The topological polar surface area (TPSA) is 67.1 Å². The van der Waals surface area contributed by atoms with Crippen molar-refractivity contribution in [1.82, 2.24) is 14.3 Å². The molecule has 0 bridgehead atoms. The number of hydrogen-bond acceptors (Lipinski definition) is 6. The molecule has 0 radical (unpaired) electrons. The van der Waals surface area contributed by atoms with Gasteiger partial charge in [-0.15, -0.1) is 0 Å². The highest BCUT2D eigenvalue weighted by molar-refractivity contribution is 7.09. The Bertz CT molecular complexity index is 305. The highest BCUT2D eigenvalue weighted by Gasteiger charge is 2.18. The number of aromatic nitrogens is 2. The van der Waals surface area contributed by atoms with Crippen LogP contribution in [0.5, 0.6) is 0 Å². The minimum atomic E-state index is 0.369. The Balaban J connectivity index is 1.82. The van der Waals surface area contributed by atoms with E-state index in [0.717, 1.165) is 11.7 Å². The van der Waals surface area contributed by atoms with Crippen molar-refractivity contribution in [3.8, 4) is 0 Å². The van der Waals surface area contributed by atoms with E-state index in [0.29, 0.717) is 12.0 Å². The SMILES string of the molecule is CCN1CCC(Nc2nc(N)ns2)CC1. The van der Waals surface area contributed by atoms with Crippen molar-refractivity contribution >= 4 is 22.6 Å². The van der Waals surface area contributed by atoms with Crippen molar-refractivity contribution in [2.24, 2.45) is 0 Å². The number of anilines is 2. The van der Waals surface area contributed by atoms with Crippen molar-refractivity contribution in [2.45, 2.75) is 25.8 Å². The van der Waals surface area contributed by atoms with Gasteiger partial charge in [-0.25, -0.2) is 0 Å². The number of hydrogen-bond donors (Lipinski definition) is 2. The number of piperidine rings is 1. The molecule has 0 atom stereocenters. The van der Waals surface area contributed by atoms with E-state index in [9.17, 15) is 0 Å². The predicted octanol–water partition coefficient (Wildman–Crippen LogP) is 1.02. The standard InChI is InChI=1S/C9H17N5S/c1-2-14-5-3-7(4-6-14)11-9-12-8(10)13-15-9/h7H,2-6H2,1H3,(H3,10,11,12,13). The van der Waals surface area contributed by atoms with E-state index in [1.807, 2.05) is 0 Å². The monoisotopic (exact) mass is 227 g/mol. The molecule has 5 nitrogen and oxygen atoms in total. The van der Waals surface area contributed by atoms with E-state index in [-0.39, 0.29) is 0 Å². The Morgan fingerprint density at radius 1 is 1.53 bits per heavy atom. The Morgan fingerprint density at radius 3 is 2.80 bits per heavy atom. The molecule has 1 aliphatic rings. The zero-order valence-corrected chi connectivity index (χ0v) is 9.76. The van der Waals surface area contributed by atoms with Gasteiger partial charge in [0.1, 0.15) is 0 Å². The molecule has 1 aromatic heterocycles. The average Bonchev–Trinajstić information content (AvgIpc) is 2.65. The molecule has 1 aliphatic heterocycles. The maximum atomic E-state index is 5.47. The molecular formula is C9H17N5S. The van der Waals surface area contributed by atoms with Crippen molar-refractivity contribution < 1.29 is 0 Å². The normalized spacial score (nSPS) is 19.3. The predicted molar refractivity (Wildman–Crippen MR) is 63.1 cm³/mol. The molecular weight excluding hydrogens is 210 g/mol. The van der Waals surface area contributed by atoms with Gasteiger partial charge >= 0.3 is 0 Å². The zero-order chi connectivity index (χ0) is 10.7. The number of nitrogen functional groups attached to an aromatic ring is 1. The minimum absolute atomic E-state index is 0.369. The van der Waals surface area contributed by atoms with Crippen LogP contribution in [0.3, 0.4) is 0 Å². The Kier molecular flexibility index (Phi) is 3.37. The first-order valence-electron chi connectivity index (χ1n) is 5.36. The lowest BCUT2D eigenvalue weighted by molar-refractivity contribution is 0.229. The Morgan fingerprint density at radius 2 is 2.27 bits per heavy atom. The number of nitrogens with one attached hydrogen (secondary N) is 1. The quantitative estimate of drug-likeness (QED) is 0.807. The van der Waals surface area contributed by atoms with Crippen LogP contribution in [0.15, 0.2) is 0 Å². The molecule has 0 unspecified atom stereocenters. The van der Waals surface area contributed by atoms with E-state index in [1.165, 1.54) is 37.5 Å². The fourth-order valence-corrected chi connectivity index (χ4v) is 2.44. The average molecular weight is 227 g/mol. The summed E-state index contributed by atoms with van der Waals surface area (Å²) in [6, 6.07) is 0.528. The van der Waals surface area contributed by atoms with E-state index in [2.05, 4.69) is 26.5 Å². The lowest BCUT2D eigenvalue weighted by Gasteiger charge is -2.31. The van der Waals surface area contributed by atoms with Crippen molar-refractivity contribution in [2.75, 3.05) is 30.7 Å². The van der Waals surface area contributed by atoms with E-state index < -0.39 is 0 Å². The van der Waals surface area contributed by atoms with Crippen LogP contribution in [0.1, 0.15) is 19.8 Å². The summed E-state index contributed by atoms with van der Waals surface area (Å²) < 4.78 is 3.95. The molecule has 1 fully saturated rings. The molecule has 3 N–H and O–H groups in total. The molecule has 2 heterocycles. The lowest BCUT2D eigenvalue weighted by Crippen LogP contribution is -2.38. The summed E-state index contributed by atoms with van der Waals surface area (Å²) in [6.45, 7) is 5.70. The summed E-state index contributed by atoms with van der Waals surface area (Å²) in [5.41, 5.74) is 5.47. The summed E-state index contributed by atoms with van der Waals surface area (Å²) in [6.07, 6.45) is 2.35.